The van der Waals surface area contributed by atoms with E-state index in [2.05, 4.69) is 22.1 Å². The van der Waals surface area contributed by atoms with Crippen molar-refractivity contribution in [3.8, 4) is 0 Å². The van der Waals surface area contributed by atoms with Gasteiger partial charge in [-0.25, -0.2) is 4.98 Å². The molecular weight excluding hydrogens is 250 g/mol. The zero-order valence-electron chi connectivity index (χ0n) is 11.0. The molecule has 4 heteroatoms. The van der Waals surface area contributed by atoms with Gasteiger partial charge in [0.25, 0.3) is 0 Å². The summed E-state index contributed by atoms with van der Waals surface area (Å²) in [6.07, 6.45) is 5.25. The monoisotopic (exact) mass is 265 g/mol. The zero-order chi connectivity index (χ0) is 13.5. The van der Waals surface area contributed by atoms with Crippen LogP contribution in [0.2, 0.25) is 0 Å². The summed E-state index contributed by atoms with van der Waals surface area (Å²) < 4.78 is 0. The number of hydrogen-bond acceptors (Lipinski definition) is 2. The van der Waals surface area contributed by atoms with E-state index in [1.165, 1.54) is 5.56 Å². The maximum absolute atomic E-state index is 12.4. The molecule has 1 aliphatic heterocycles. The van der Waals surface area contributed by atoms with Crippen molar-refractivity contribution in [2.45, 2.75) is 25.4 Å². The lowest BCUT2D eigenvalue weighted by Crippen LogP contribution is -2.45. The average Bonchev–Trinajstić information content (AvgIpc) is 2.93. The van der Waals surface area contributed by atoms with Crippen LogP contribution in [-0.2, 0) is 17.8 Å². The zero-order valence-corrected chi connectivity index (χ0v) is 11.0. The second-order valence-corrected chi connectivity index (χ2v) is 5.41. The summed E-state index contributed by atoms with van der Waals surface area (Å²) in [6, 6.07) is 10.4. The Morgan fingerprint density at radius 2 is 2.10 bits per heavy atom. The number of amides is 1. The fourth-order valence-corrected chi connectivity index (χ4v) is 3.16. The average molecular weight is 265 g/mol. The Hall–Kier alpha value is -2.36. The van der Waals surface area contributed by atoms with Gasteiger partial charge in [-0.05, 0) is 17.6 Å². The standard InChI is InChI=1S/C16H15N3O/c20-15-7-12-6-13(8-14-16(12)18-10-17-14)19(15)9-11-4-2-1-3-5-11/h1-5,7,10,13H,6,8-9H2,(H,17,18). The molecule has 1 aromatic heterocycles. The first-order valence-corrected chi connectivity index (χ1v) is 6.89. The third kappa shape index (κ3) is 1.76. The van der Waals surface area contributed by atoms with Gasteiger partial charge in [0.15, 0.2) is 0 Å². The molecule has 0 radical (unpaired) electrons. The van der Waals surface area contributed by atoms with Gasteiger partial charge in [-0.2, -0.15) is 0 Å². The molecule has 0 spiro atoms. The second kappa shape index (κ2) is 4.34. The number of aromatic amines is 1. The normalized spacial score (nSPS) is 20.6. The van der Waals surface area contributed by atoms with Crippen LogP contribution in [0, 0.1) is 0 Å². The van der Waals surface area contributed by atoms with Crippen molar-refractivity contribution >= 4 is 11.5 Å². The van der Waals surface area contributed by atoms with Crippen molar-refractivity contribution in [1.29, 1.82) is 0 Å². The Morgan fingerprint density at radius 1 is 1.25 bits per heavy atom. The maximum Gasteiger partial charge on any atom is 0.247 e. The van der Waals surface area contributed by atoms with Gasteiger partial charge in [-0.1, -0.05) is 30.3 Å². The smallest absolute Gasteiger partial charge is 0.247 e. The minimum Gasteiger partial charge on any atom is -0.348 e. The van der Waals surface area contributed by atoms with E-state index >= 15 is 0 Å². The van der Waals surface area contributed by atoms with Gasteiger partial charge in [-0.15, -0.1) is 0 Å². The SMILES string of the molecule is O=C1C=C2CC(Cc3[nH]cnc32)N1Cc1ccccc1. The molecule has 2 heterocycles. The summed E-state index contributed by atoms with van der Waals surface area (Å²) in [7, 11) is 0. The molecule has 2 bridgehead atoms. The van der Waals surface area contributed by atoms with Crippen molar-refractivity contribution in [3.05, 3.63) is 59.7 Å². The summed E-state index contributed by atoms with van der Waals surface area (Å²) in [5.74, 6) is 0.105. The Bertz CT molecular complexity index is 687. The predicted octanol–water partition coefficient (Wildman–Crippen LogP) is 2.15. The first-order valence-electron chi connectivity index (χ1n) is 6.89. The molecule has 2 aliphatic rings. The number of rotatable bonds is 2. The first kappa shape index (κ1) is 11.5. The van der Waals surface area contributed by atoms with Crippen LogP contribution in [0.25, 0.3) is 5.57 Å². The molecule has 4 rings (SSSR count). The minimum absolute atomic E-state index is 0.105. The number of hydrogen-bond donors (Lipinski definition) is 1. The predicted molar refractivity (Wildman–Crippen MR) is 75.7 cm³/mol. The van der Waals surface area contributed by atoms with E-state index in [-0.39, 0.29) is 11.9 Å². The summed E-state index contributed by atoms with van der Waals surface area (Å²) >= 11 is 0. The molecule has 1 amide bonds. The number of nitrogens with one attached hydrogen (secondary N) is 1. The van der Waals surface area contributed by atoms with Crippen LogP contribution < -0.4 is 0 Å². The quantitative estimate of drug-likeness (QED) is 0.904. The van der Waals surface area contributed by atoms with Crippen molar-refractivity contribution in [2.75, 3.05) is 0 Å². The topological polar surface area (TPSA) is 49.0 Å². The largest absolute Gasteiger partial charge is 0.348 e. The lowest BCUT2D eigenvalue weighted by Gasteiger charge is -2.37. The molecule has 1 unspecified atom stereocenters. The van der Waals surface area contributed by atoms with Gasteiger partial charge < -0.3 is 9.88 Å². The van der Waals surface area contributed by atoms with Crippen molar-refractivity contribution in [1.82, 2.24) is 14.9 Å². The highest BCUT2D eigenvalue weighted by atomic mass is 16.2. The number of imidazole rings is 1. The van der Waals surface area contributed by atoms with Crippen LogP contribution in [0.3, 0.4) is 0 Å². The van der Waals surface area contributed by atoms with Gasteiger partial charge in [-0.3, -0.25) is 4.79 Å². The highest BCUT2D eigenvalue weighted by molar-refractivity contribution is 5.97. The molecule has 0 saturated carbocycles. The molecule has 4 nitrogen and oxygen atoms in total. The van der Waals surface area contributed by atoms with Crippen molar-refractivity contribution in [2.24, 2.45) is 0 Å². The molecule has 1 atom stereocenters. The number of carbonyl (C=O) groups excluding carboxylic acids is 1. The first-order chi connectivity index (χ1) is 9.81. The van der Waals surface area contributed by atoms with Crippen LogP contribution in [0.15, 0.2) is 42.7 Å². The highest BCUT2D eigenvalue weighted by Crippen LogP contribution is 2.35. The molecule has 0 saturated heterocycles. The van der Waals surface area contributed by atoms with Gasteiger partial charge in [0.2, 0.25) is 5.91 Å². The van der Waals surface area contributed by atoms with E-state index in [4.69, 9.17) is 0 Å². The lowest BCUT2D eigenvalue weighted by molar-refractivity contribution is -0.129. The fourth-order valence-electron chi connectivity index (χ4n) is 3.16. The number of H-pyrrole nitrogens is 1. The number of carbonyl (C=O) groups is 1. The van der Waals surface area contributed by atoms with Crippen LogP contribution in [-0.4, -0.2) is 26.8 Å². The minimum atomic E-state index is 0.105. The van der Waals surface area contributed by atoms with Crippen LogP contribution in [0.1, 0.15) is 23.4 Å². The Kier molecular flexibility index (Phi) is 2.49. The molecule has 100 valence electrons. The molecule has 2 aromatic rings. The molecular formula is C16H15N3O. The summed E-state index contributed by atoms with van der Waals surface area (Å²) in [6.45, 7) is 0.678. The summed E-state index contributed by atoms with van der Waals surface area (Å²) in [4.78, 5) is 21.9. The van der Waals surface area contributed by atoms with Gasteiger partial charge in [0.1, 0.15) is 0 Å². The Morgan fingerprint density at radius 3 is 2.95 bits per heavy atom. The second-order valence-electron chi connectivity index (χ2n) is 5.41. The van der Waals surface area contributed by atoms with Crippen molar-refractivity contribution < 1.29 is 4.79 Å². The number of fused-ring (bicyclic) bond motifs is 4. The van der Waals surface area contributed by atoms with E-state index in [0.717, 1.165) is 29.8 Å². The Balaban J connectivity index is 1.66. The van der Waals surface area contributed by atoms with E-state index in [0.29, 0.717) is 6.54 Å². The summed E-state index contributed by atoms with van der Waals surface area (Å²) in [5.41, 5.74) is 4.38. The fraction of sp³-hybridized carbons (Fsp3) is 0.250. The third-order valence-electron chi connectivity index (χ3n) is 4.14. The van der Waals surface area contributed by atoms with E-state index in [1.807, 2.05) is 23.1 Å². The van der Waals surface area contributed by atoms with Crippen molar-refractivity contribution in [3.63, 3.8) is 0 Å². The molecule has 1 aromatic carbocycles. The van der Waals surface area contributed by atoms with Crippen LogP contribution in [0.4, 0.5) is 0 Å². The highest BCUT2D eigenvalue weighted by Gasteiger charge is 2.35. The van der Waals surface area contributed by atoms with E-state index in [1.54, 1.807) is 12.4 Å². The third-order valence-corrected chi connectivity index (χ3v) is 4.14. The van der Waals surface area contributed by atoms with Gasteiger partial charge in [0.05, 0.1) is 12.0 Å². The van der Waals surface area contributed by atoms with E-state index < -0.39 is 0 Å². The molecule has 1 N–H and O–H groups in total. The summed E-state index contributed by atoms with van der Waals surface area (Å²) in [5, 5.41) is 0. The Labute approximate surface area is 117 Å². The van der Waals surface area contributed by atoms with Crippen LogP contribution >= 0.6 is 0 Å². The van der Waals surface area contributed by atoms with Gasteiger partial charge >= 0.3 is 0 Å². The molecule has 0 fully saturated rings. The molecule has 20 heavy (non-hydrogen) atoms. The van der Waals surface area contributed by atoms with E-state index in [9.17, 15) is 4.79 Å². The molecule has 1 aliphatic carbocycles. The number of nitrogens with zero attached hydrogens (tertiary/aromatic N) is 2. The maximum atomic E-state index is 12.4. The lowest BCUT2D eigenvalue weighted by atomic mass is 9.86. The van der Waals surface area contributed by atoms with Gasteiger partial charge in [0, 0.05) is 30.8 Å². The number of benzene rings is 1. The van der Waals surface area contributed by atoms with Crippen LogP contribution in [0.5, 0.6) is 0 Å². The number of aromatic nitrogens is 2.